The van der Waals surface area contributed by atoms with E-state index in [1.165, 1.54) is 0 Å². The predicted molar refractivity (Wildman–Crippen MR) is 101 cm³/mol. The summed E-state index contributed by atoms with van der Waals surface area (Å²) in [7, 11) is 3.12. The van der Waals surface area contributed by atoms with Gasteiger partial charge in [0.05, 0.1) is 14.2 Å². The standard InChI is InChI=1S/C20H17N3O4/c1-11-4-6-15-13(8-11)18(24)14(10-21-15)20-22-19(23-27-20)12-5-7-16(25-2)17(9-12)26-3/h4-10H,1-3H3,(H,21,24). The van der Waals surface area contributed by atoms with E-state index in [-0.39, 0.29) is 11.3 Å². The average Bonchev–Trinajstić information content (AvgIpc) is 3.18. The van der Waals surface area contributed by atoms with Crippen molar-refractivity contribution in [1.29, 1.82) is 0 Å². The van der Waals surface area contributed by atoms with Crippen LogP contribution in [-0.4, -0.2) is 29.3 Å². The van der Waals surface area contributed by atoms with Gasteiger partial charge in [0.1, 0.15) is 5.56 Å². The van der Waals surface area contributed by atoms with Gasteiger partial charge >= 0.3 is 0 Å². The number of fused-ring (bicyclic) bond motifs is 1. The van der Waals surface area contributed by atoms with Crippen LogP contribution in [0.1, 0.15) is 5.56 Å². The average molecular weight is 363 g/mol. The van der Waals surface area contributed by atoms with Gasteiger partial charge in [-0.25, -0.2) is 0 Å². The first-order chi connectivity index (χ1) is 13.1. The van der Waals surface area contributed by atoms with E-state index in [2.05, 4.69) is 15.1 Å². The molecule has 0 fully saturated rings. The number of H-pyrrole nitrogens is 1. The molecule has 0 saturated heterocycles. The molecule has 7 nitrogen and oxygen atoms in total. The Kier molecular flexibility index (Phi) is 4.12. The van der Waals surface area contributed by atoms with E-state index >= 15 is 0 Å². The van der Waals surface area contributed by atoms with Crippen LogP contribution in [-0.2, 0) is 0 Å². The first-order valence-corrected chi connectivity index (χ1v) is 8.29. The maximum atomic E-state index is 12.8. The van der Waals surface area contributed by atoms with Gasteiger partial charge in [-0.3, -0.25) is 4.79 Å². The molecule has 2 aromatic heterocycles. The van der Waals surface area contributed by atoms with E-state index in [1.54, 1.807) is 38.6 Å². The number of aryl methyl sites for hydroxylation is 1. The Labute approximate surface area is 154 Å². The Morgan fingerprint density at radius 3 is 2.63 bits per heavy atom. The van der Waals surface area contributed by atoms with Gasteiger partial charge in [-0.1, -0.05) is 16.8 Å². The summed E-state index contributed by atoms with van der Waals surface area (Å²) >= 11 is 0. The van der Waals surface area contributed by atoms with Gasteiger partial charge in [-0.15, -0.1) is 0 Å². The Morgan fingerprint density at radius 1 is 1.04 bits per heavy atom. The van der Waals surface area contributed by atoms with E-state index in [1.807, 2.05) is 25.1 Å². The Morgan fingerprint density at radius 2 is 1.85 bits per heavy atom. The number of hydrogen-bond acceptors (Lipinski definition) is 6. The molecule has 0 saturated carbocycles. The lowest BCUT2D eigenvalue weighted by atomic mass is 10.1. The lowest BCUT2D eigenvalue weighted by Crippen LogP contribution is -2.06. The highest BCUT2D eigenvalue weighted by Gasteiger charge is 2.16. The van der Waals surface area contributed by atoms with E-state index in [0.717, 1.165) is 11.1 Å². The molecule has 0 amide bonds. The summed E-state index contributed by atoms with van der Waals surface area (Å²) in [6.07, 6.45) is 1.59. The highest BCUT2D eigenvalue weighted by atomic mass is 16.5. The second-order valence-corrected chi connectivity index (χ2v) is 6.07. The predicted octanol–water partition coefficient (Wildman–Crippen LogP) is 3.57. The number of aromatic nitrogens is 3. The minimum Gasteiger partial charge on any atom is -0.493 e. The zero-order chi connectivity index (χ0) is 19.0. The molecule has 2 heterocycles. The lowest BCUT2D eigenvalue weighted by molar-refractivity contribution is 0.355. The zero-order valence-electron chi connectivity index (χ0n) is 15.1. The number of aromatic amines is 1. The van der Waals surface area contributed by atoms with Crippen LogP contribution >= 0.6 is 0 Å². The fourth-order valence-electron chi connectivity index (χ4n) is 2.92. The smallest absolute Gasteiger partial charge is 0.263 e. The highest BCUT2D eigenvalue weighted by Crippen LogP contribution is 2.31. The minimum atomic E-state index is -0.157. The maximum absolute atomic E-state index is 12.8. The van der Waals surface area contributed by atoms with Crippen LogP contribution in [0.4, 0.5) is 0 Å². The van der Waals surface area contributed by atoms with Crippen LogP contribution in [0.5, 0.6) is 11.5 Å². The molecule has 0 radical (unpaired) electrons. The second-order valence-electron chi connectivity index (χ2n) is 6.07. The second kappa shape index (κ2) is 6.60. The van der Waals surface area contributed by atoms with Crippen molar-refractivity contribution in [3.8, 4) is 34.3 Å². The molecular formula is C20H17N3O4. The molecule has 0 unspecified atom stereocenters. The molecule has 0 aliphatic heterocycles. The van der Waals surface area contributed by atoms with Gasteiger partial charge in [0, 0.05) is 22.7 Å². The molecular weight excluding hydrogens is 346 g/mol. The van der Waals surface area contributed by atoms with Gasteiger partial charge in [-0.2, -0.15) is 4.98 Å². The van der Waals surface area contributed by atoms with Crippen LogP contribution in [0, 0.1) is 6.92 Å². The molecule has 4 rings (SSSR count). The third-order valence-corrected chi connectivity index (χ3v) is 4.33. The number of methoxy groups -OCH3 is 2. The quantitative estimate of drug-likeness (QED) is 0.596. The van der Waals surface area contributed by atoms with Crippen LogP contribution in [0.15, 0.2) is 51.9 Å². The van der Waals surface area contributed by atoms with Crippen molar-refractivity contribution in [2.24, 2.45) is 0 Å². The molecule has 2 aromatic carbocycles. The van der Waals surface area contributed by atoms with E-state index in [9.17, 15) is 4.79 Å². The van der Waals surface area contributed by atoms with Crippen molar-refractivity contribution < 1.29 is 14.0 Å². The topological polar surface area (TPSA) is 90.2 Å². The minimum absolute atomic E-state index is 0.157. The van der Waals surface area contributed by atoms with Crippen molar-refractivity contribution >= 4 is 10.9 Å². The molecule has 0 atom stereocenters. The summed E-state index contributed by atoms with van der Waals surface area (Å²) in [4.78, 5) is 20.3. The normalized spacial score (nSPS) is 10.9. The van der Waals surface area contributed by atoms with Gasteiger partial charge in [0.2, 0.25) is 11.3 Å². The molecule has 0 spiro atoms. The molecule has 136 valence electrons. The largest absolute Gasteiger partial charge is 0.493 e. The lowest BCUT2D eigenvalue weighted by Gasteiger charge is -2.07. The molecule has 0 aliphatic carbocycles. The van der Waals surface area contributed by atoms with E-state index in [4.69, 9.17) is 14.0 Å². The highest BCUT2D eigenvalue weighted by molar-refractivity contribution is 5.82. The molecule has 27 heavy (non-hydrogen) atoms. The third kappa shape index (κ3) is 2.93. The van der Waals surface area contributed by atoms with Crippen molar-refractivity contribution in [3.05, 3.63) is 58.4 Å². The summed E-state index contributed by atoms with van der Waals surface area (Å²) in [5.74, 6) is 1.67. The van der Waals surface area contributed by atoms with Gasteiger partial charge in [0.25, 0.3) is 5.89 Å². The van der Waals surface area contributed by atoms with Crippen LogP contribution in [0.25, 0.3) is 33.7 Å². The summed E-state index contributed by atoms with van der Waals surface area (Å²) in [5, 5.41) is 4.58. The van der Waals surface area contributed by atoms with Crippen molar-refractivity contribution in [1.82, 2.24) is 15.1 Å². The molecule has 0 aliphatic rings. The third-order valence-electron chi connectivity index (χ3n) is 4.33. The van der Waals surface area contributed by atoms with Gasteiger partial charge in [0.15, 0.2) is 11.5 Å². The fourth-order valence-corrected chi connectivity index (χ4v) is 2.92. The molecule has 0 bridgehead atoms. The summed E-state index contributed by atoms with van der Waals surface area (Å²) < 4.78 is 15.9. The fraction of sp³-hybridized carbons (Fsp3) is 0.150. The van der Waals surface area contributed by atoms with E-state index < -0.39 is 0 Å². The number of nitrogens with one attached hydrogen (secondary N) is 1. The number of pyridine rings is 1. The van der Waals surface area contributed by atoms with Crippen molar-refractivity contribution in [2.75, 3.05) is 14.2 Å². The van der Waals surface area contributed by atoms with Crippen LogP contribution in [0.2, 0.25) is 0 Å². The first-order valence-electron chi connectivity index (χ1n) is 8.29. The summed E-state index contributed by atoms with van der Waals surface area (Å²) in [6.45, 7) is 1.94. The maximum Gasteiger partial charge on any atom is 0.263 e. The van der Waals surface area contributed by atoms with Crippen LogP contribution in [0.3, 0.4) is 0 Å². The number of benzene rings is 2. The summed E-state index contributed by atoms with van der Waals surface area (Å²) in [5.41, 5.74) is 2.62. The van der Waals surface area contributed by atoms with Gasteiger partial charge < -0.3 is 19.0 Å². The van der Waals surface area contributed by atoms with Crippen LogP contribution < -0.4 is 14.9 Å². The van der Waals surface area contributed by atoms with Crippen molar-refractivity contribution in [2.45, 2.75) is 6.92 Å². The first kappa shape index (κ1) is 16.8. The Bertz CT molecular complexity index is 1190. The summed E-state index contributed by atoms with van der Waals surface area (Å²) in [6, 6.07) is 11.0. The number of nitrogens with zero attached hydrogens (tertiary/aromatic N) is 2. The number of rotatable bonds is 4. The zero-order valence-corrected chi connectivity index (χ0v) is 15.1. The molecule has 4 aromatic rings. The SMILES string of the molecule is COc1ccc(-c2noc(-c3c[nH]c4ccc(C)cc4c3=O)n2)cc1OC. The Balaban J connectivity index is 1.78. The number of hydrogen-bond donors (Lipinski definition) is 1. The van der Waals surface area contributed by atoms with Gasteiger partial charge in [-0.05, 0) is 37.3 Å². The molecule has 7 heteroatoms. The van der Waals surface area contributed by atoms with Crippen molar-refractivity contribution in [3.63, 3.8) is 0 Å². The molecule has 1 N–H and O–H groups in total. The Hall–Kier alpha value is -3.61. The van der Waals surface area contributed by atoms with E-state index in [0.29, 0.717) is 33.8 Å². The monoisotopic (exact) mass is 363 g/mol. The number of ether oxygens (including phenoxy) is 2.